The Labute approximate surface area is 462 Å². The number of ether oxygens (including phenoxy) is 1. The molecule has 436 valence electrons. The summed E-state index contributed by atoms with van der Waals surface area (Å²) in [6.45, 7) is 4.93. The number of unbranched alkanes of at least 4 members (excludes halogenated alkanes) is 45. The van der Waals surface area contributed by atoms with Gasteiger partial charge in [-0.2, -0.15) is 0 Å². The summed E-state index contributed by atoms with van der Waals surface area (Å²) in [5, 5.41) is 23.2. The summed E-state index contributed by atoms with van der Waals surface area (Å²) >= 11 is 0. The number of aliphatic hydroxyl groups is 2. The molecule has 0 aromatic carbocycles. The first-order chi connectivity index (χ1) is 36.5. The van der Waals surface area contributed by atoms with Gasteiger partial charge in [0.15, 0.2) is 0 Å². The maximum atomic E-state index is 12.4. The number of aliphatic hydroxyl groups excluding tert-OH is 2. The fourth-order valence-corrected chi connectivity index (χ4v) is 10.3. The molecule has 0 bridgehead atoms. The molecule has 0 fully saturated rings. The van der Waals surface area contributed by atoms with Gasteiger partial charge >= 0.3 is 5.97 Å². The van der Waals surface area contributed by atoms with Gasteiger partial charge in [-0.25, -0.2) is 0 Å². The second-order valence-corrected chi connectivity index (χ2v) is 22.8. The molecule has 1 amide bonds. The van der Waals surface area contributed by atoms with Crippen molar-refractivity contribution in [1.82, 2.24) is 5.32 Å². The molecule has 0 heterocycles. The summed E-state index contributed by atoms with van der Waals surface area (Å²) in [5.74, 6) is -0.0247. The molecule has 0 aromatic rings. The summed E-state index contributed by atoms with van der Waals surface area (Å²) in [7, 11) is 0. The van der Waals surface area contributed by atoms with E-state index in [2.05, 4.69) is 55.6 Å². The lowest BCUT2D eigenvalue weighted by atomic mass is 10.0. The number of carbonyl (C=O) groups is 2. The van der Waals surface area contributed by atoms with E-state index in [1.165, 1.54) is 276 Å². The summed E-state index contributed by atoms with van der Waals surface area (Å²) < 4.78 is 5.49. The van der Waals surface area contributed by atoms with E-state index in [0.717, 1.165) is 51.4 Å². The van der Waals surface area contributed by atoms with Crippen LogP contribution in [0.25, 0.3) is 0 Å². The second kappa shape index (κ2) is 63.6. The van der Waals surface area contributed by atoms with E-state index in [-0.39, 0.29) is 18.5 Å². The van der Waals surface area contributed by atoms with Crippen molar-refractivity contribution in [2.45, 2.75) is 373 Å². The van der Waals surface area contributed by atoms with E-state index in [9.17, 15) is 19.8 Å². The summed E-state index contributed by atoms with van der Waals surface area (Å²) in [4.78, 5) is 24.5. The number of amides is 1. The molecule has 0 saturated carbocycles. The van der Waals surface area contributed by atoms with Crippen molar-refractivity contribution in [2.75, 3.05) is 13.2 Å². The Morgan fingerprint density at radius 3 is 1.07 bits per heavy atom. The van der Waals surface area contributed by atoms with Gasteiger partial charge in [-0.1, -0.05) is 301 Å². The fourth-order valence-electron chi connectivity index (χ4n) is 10.3. The van der Waals surface area contributed by atoms with Crippen LogP contribution in [-0.2, 0) is 14.3 Å². The number of esters is 1. The number of hydrogen-bond acceptors (Lipinski definition) is 5. The van der Waals surface area contributed by atoms with Crippen LogP contribution in [0.3, 0.4) is 0 Å². The van der Waals surface area contributed by atoms with E-state index < -0.39 is 12.1 Å². The molecule has 0 saturated heterocycles. The fraction of sp³-hybridized carbons (Fsp3) is 0.882. The second-order valence-electron chi connectivity index (χ2n) is 22.8. The van der Waals surface area contributed by atoms with Gasteiger partial charge in [-0.15, -0.1) is 0 Å². The Hall–Kier alpha value is -1.92. The lowest BCUT2D eigenvalue weighted by Crippen LogP contribution is -2.45. The molecule has 0 aliphatic carbocycles. The lowest BCUT2D eigenvalue weighted by molar-refractivity contribution is -0.143. The van der Waals surface area contributed by atoms with Crippen molar-refractivity contribution in [1.29, 1.82) is 0 Å². The quantitative estimate of drug-likeness (QED) is 0.0320. The van der Waals surface area contributed by atoms with Crippen molar-refractivity contribution in [3.8, 4) is 0 Å². The van der Waals surface area contributed by atoms with Crippen LogP contribution in [0.15, 0.2) is 36.5 Å². The molecule has 0 aliphatic rings. The normalized spacial score (nSPS) is 12.8. The number of carbonyl (C=O) groups excluding carboxylic acids is 2. The Kier molecular flexibility index (Phi) is 62.0. The molecule has 6 heteroatoms. The number of hydrogen-bond donors (Lipinski definition) is 3. The zero-order valence-corrected chi connectivity index (χ0v) is 49.8. The Balaban J connectivity index is 3.34. The Morgan fingerprint density at radius 1 is 0.378 bits per heavy atom. The van der Waals surface area contributed by atoms with Crippen LogP contribution in [0.4, 0.5) is 0 Å². The zero-order valence-electron chi connectivity index (χ0n) is 49.8. The minimum absolute atomic E-state index is 0.00941. The molecule has 0 aromatic heterocycles. The zero-order chi connectivity index (χ0) is 53.6. The van der Waals surface area contributed by atoms with Crippen LogP contribution in [0, 0.1) is 0 Å². The first kappa shape index (κ1) is 72.1. The van der Waals surface area contributed by atoms with Crippen LogP contribution in [0.1, 0.15) is 361 Å². The van der Waals surface area contributed by atoms with Crippen LogP contribution in [-0.4, -0.2) is 47.4 Å². The predicted octanol–water partition coefficient (Wildman–Crippen LogP) is 21.1. The van der Waals surface area contributed by atoms with Crippen molar-refractivity contribution in [2.24, 2.45) is 0 Å². The van der Waals surface area contributed by atoms with Crippen molar-refractivity contribution in [3.05, 3.63) is 36.5 Å². The maximum Gasteiger partial charge on any atom is 0.305 e. The minimum atomic E-state index is -0.661. The largest absolute Gasteiger partial charge is 0.466 e. The molecular weight excluding hydrogens is 911 g/mol. The van der Waals surface area contributed by atoms with E-state index in [1.807, 2.05) is 0 Å². The average molecular weight is 1040 g/mol. The monoisotopic (exact) mass is 1040 g/mol. The van der Waals surface area contributed by atoms with Gasteiger partial charge in [0.05, 0.1) is 25.4 Å². The highest BCUT2D eigenvalue weighted by atomic mass is 16.5. The van der Waals surface area contributed by atoms with Crippen LogP contribution < -0.4 is 5.32 Å². The van der Waals surface area contributed by atoms with E-state index in [0.29, 0.717) is 25.9 Å². The third-order valence-corrected chi connectivity index (χ3v) is 15.4. The molecule has 74 heavy (non-hydrogen) atoms. The first-order valence-corrected chi connectivity index (χ1v) is 33.2. The molecule has 2 unspecified atom stereocenters. The van der Waals surface area contributed by atoms with Gasteiger partial charge in [0.2, 0.25) is 5.91 Å². The standard InChI is InChI=1S/C68H129NO5/c1-3-5-7-9-11-13-15-16-17-32-36-39-42-46-50-54-58-62-68(73)74-63-59-55-51-47-43-40-37-34-31-29-27-25-23-21-19-18-20-22-24-26-28-30-33-35-38-41-45-49-53-57-61-67(72)69-65(64-70)66(71)60-56-52-48-44-14-12-10-8-6-4-2/h11,13,16-17,19,21,65-66,70-71H,3-10,12,14-15,18,20,22-64H2,1-2H3,(H,69,72)/b13-11-,17-16-,21-19-. The smallest absolute Gasteiger partial charge is 0.305 e. The first-order valence-electron chi connectivity index (χ1n) is 33.2. The topological polar surface area (TPSA) is 95.9 Å². The number of rotatable bonds is 62. The maximum absolute atomic E-state index is 12.4. The number of allylic oxidation sites excluding steroid dienone is 6. The third kappa shape index (κ3) is 59.3. The van der Waals surface area contributed by atoms with Gasteiger partial charge in [0.1, 0.15) is 0 Å². The van der Waals surface area contributed by atoms with Crippen LogP contribution in [0.2, 0.25) is 0 Å². The molecule has 0 rings (SSSR count). The molecule has 0 aliphatic heterocycles. The van der Waals surface area contributed by atoms with Crippen LogP contribution in [0.5, 0.6) is 0 Å². The Bertz CT molecular complexity index is 1200. The van der Waals surface area contributed by atoms with Gasteiger partial charge in [-0.3, -0.25) is 9.59 Å². The minimum Gasteiger partial charge on any atom is -0.466 e. The van der Waals surface area contributed by atoms with E-state index >= 15 is 0 Å². The van der Waals surface area contributed by atoms with E-state index in [4.69, 9.17) is 4.74 Å². The van der Waals surface area contributed by atoms with Gasteiger partial charge < -0.3 is 20.3 Å². The lowest BCUT2D eigenvalue weighted by Gasteiger charge is -2.22. The molecule has 3 N–H and O–H groups in total. The molecule has 0 radical (unpaired) electrons. The van der Waals surface area contributed by atoms with Crippen LogP contribution >= 0.6 is 0 Å². The highest BCUT2D eigenvalue weighted by molar-refractivity contribution is 5.76. The highest BCUT2D eigenvalue weighted by Crippen LogP contribution is 2.18. The highest BCUT2D eigenvalue weighted by Gasteiger charge is 2.20. The molecule has 6 nitrogen and oxygen atoms in total. The van der Waals surface area contributed by atoms with Gasteiger partial charge in [-0.05, 0) is 83.5 Å². The third-order valence-electron chi connectivity index (χ3n) is 15.4. The average Bonchev–Trinajstić information content (AvgIpc) is 3.40. The van der Waals surface area contributed by atoms with Gasteiger partial charge in [0, 0.05) is 12.8 Å². The van der Waals surface area contributed by atoms with Crippen molar-refractivity contribution >= 4 is 11.9 Å². The number of nitrogens with one attached hydrogen (secondary N) is 1. The molecule has 0 spiro atoms. The summed E-state index contributed by atoms with van der Waals surface area (Å²) in [6, 6.07) is -0.538. The predicted molar refractivity (Wildman–Crippen MR) is 324 cm³/mol. The Morgan fingerprint density at radius 2 is 0.676 bits per heavy atom. The SMILES string of the molecule is CCCCC/C=C\C/C=C\CCCCCCCCCC(=O)OCCCCCCCCCCCCCC/C=C\CCCCCCCCCCCCCCCCC(=O)NC(CO)C(O)CCCCCCCCCCCC. The van der Waals surface area contributed by atoms with Gasteiger partial charge in [0.25, 0.3) is 0 Å². The van der Waals surface area contributed by atoms with Crippen molar-refractivity contribution < 1.29 is 24.5 Å². The summed E-state index contributed by atoms with van der Waals surface area (Å²) in [6.07, 6.45) is 80.4. The van der Waals surface area contributed by atoms with E-state index in [1.54, 1.807) is 0 Å². The van der Waals surface area contributed by atoms with Crippen molar-refractivity contribution in [3.63, 3.8) is 0 Å². The molecular formula is C68H129NO5. The molecule has 2 atom stereocenters. The summed E-state index contributed by atoms with van der Waals surface area (Å²) in [5.41, 5.74) is 0.